The highest BCUT2D eigenvalue weighted by molar-refractivity contribution is 5.86. The third-order valence-electron chi connectivity index (χ3n) is 2.58. The second-order valence-electron chi connectivity index (χ2n) is 3.34. The molecule has 0 saturated carbocycles. The van der Waals surface area contributed by atoms with E-state index >= 15 is 0 Å². The number of quaternary nitrogens is 1. The van der Waals surface area contributed by atoms with E-state index in [1.807, 2.05) is 0 Å². The van der Waals surface area contributed by atoms with E-state index in [1.54, 1.807) is 0 Å². The van der Waals surface area contributed by atoms with Gasteiger partial charge in [-0.25, -0.2) is 0 Å². The van der Waals surface area contributed by atoms with Crippen LogP contribution in [-0.2, 0) is 9.53 Å². The zero-order valence-corrected chi connectivity index (χ0v) is 6.51. The summed E-state index contributed by atoms with van der Waals surface area (Å²) < 4.78 is 5.33. The summed E-state index contributed by atoms with van der Waals surface area (Å²) in [6, 6.07) is 0.0451. The molecular formula is C8H13NO2. The molecule has 1 N–H and O–H groups in total. The molecule has 3 nitrogen and oxygen atoms in total. The van der Waals surface area contributed by atoms with Gasteiger partial charge in [-0.1, -0.05) is 0 Å². The number of hydrogen-bond donors (Lipinski definition) is 1. The molecule has 3 heteroatoms. The number of nitrogens with one attached hydrogen (secondary N) is 1. The number of likely N-dealkylation sites (tertiary alicyclic amines) is 1. The van der Waals surface area contributed by atoms with Crippen molar-refractivity contribution in [2.24, 2.45) is 0 Å². The van der Waals surface area contributed by atoms with Gasteiger partial charge in [0.1, 0.15) is 12.7 Å². The van der Waals surface area contributed by atoms with Gasteiger partial charge in [0.05, 0.1) is 6.54 Å². The Bertz CT molecular complexity index is 181. The molecule has 0 aliphatic carbocycles. The molecule has 0 amide bonds. The molecule has 3 unspecified atom stereocenters. The molecule has 2 aliphatic rings. The van der Waals surface area contributed by atoms with Gasteiger partial charge >= 0.3 is 0 Å². The fourth-order valence-corrected chi connectivity index (χ4v) is 2.01. The van der Waals surface area contributed by atoms with Crippen LogP contribution in [0.1, 0.15) is 12.8 Å². The monoisotopic (exact) mass is 155 g/mol. The van der Waals surface area contributed by atoms with Crippen LogP contribution in [-0.4, -0.2) is 31.1 Å². The van der Waals surface area contributed by atoms with Gasteiger partial charge in [0, 0.05) is 0 Å². The lowest BCUT2D eigenvalue weighted by molar-refractivity contribution is -0.878. The Labute approximate surface area is 66.3 Å². The third-order valence-corrected chi connectivity index (χ3v) is 2.58. The molecule has 0 bridgehead atoms. The number of hydrogen-bond acceptors (Lipinski definition) is 2. The lowest BCUT2D eigenvalue weighted by Gasteiger charge is -2.34. The minimum absolute atomic E-state index is 0.0451. The maximum Gasteiger partial charge on any atom is 0.215 e. The van der Waals surface area contributed by atoms with Crippen molar-refractivity contribution in [3.05, 3.63) is 7.05 Å². The molecule has 2 fully saturated rings. The Hall–Kier alpha value is -0.410. The maximum absolute atomic E-state index is 11.2. The van der Waals surface area contributed by atoms with Gasteiger partial charge in [-0.15, -0.1) is 0 Å². The quantitative estimate of drug-likeness (QED) is 0.445. The van der Waals surface area contributed by atoms with E-state index < -0.39 is 0 Å². The number of rotatable bonds is 0. The molecule has 0 aromatic rings. The molecule has 0 spiro atoms. The predicted molar refractivity (Wildman–Crippen MR) is 39.0 cm³/mol. The summed E-state index contributed by atoms with van der Waals surface area (Å²) in [5.74, 6) is 0.236. The molecular weight excluding hydrogens is 142 g/mol. The molecule has 2 aliphatic heterocycles. The van der Waals surface area contributed by atoms with Crippen LogP contribution in [0.25, 0.3) is 0 Å². The van der Waals surface area contributed by atoms with Crippen LogP contribution in [0.3, 0.4) is 0 Å². The number of ketones is 1. The second-order valence-corrected chi connectivity index (χ2v) is 3.34. The Morgan fingerprint density at radius 3 is 3.18 bits per heavy atom. The molecule has 0 aromatic carbocycles. The highest BCUT2D eigenvalue weighted by atomic mass is 16.5. The molecule has 62 valence electrons. The van der Waals surface area contributed by atoms with Crippen LogP contribution in [0.5, 0.6) is 0 Å². The van der Waals surface area contributed by atoms with E-state index in [0.717, 1.165) is 24.3 Å². The van der Waals surface area contributed by atoms with Crippen LogP contribution < -0.4 is 4.90 Å². The van der Waals surface area contributed by atoms with Crippen LogP contribution in [0.15, 0.2) is 0 Å². The van der Waals surface area contributed by atoms with Crippen molar-refractivity contribution < 1.29 is 14.4 Å². The largest absolute Gasteiger partial charge is 0.457 e. The van der Waals surface area contributed by atoms with Gasteiger partial charge in [-0.05, 0) is 12.8 Å². The highest BCUT2D eigenvalue weighted by Gasteiger charge is 2.41. The van der Waals surface area contributed by atoms with Crippen LogP contribution in [0.4, 0.5) is 0 Å². The second kappa shape index (κ2) is 2.57. The predicted octanol–water partition coefficient (Wildman–Crippen LogP) is -1.21. The summed E-state index contributed by atoms with van der Waals surface area (Å²) in [7, 11) is 3.91. The first kappa shape index (κ1) is 7.25. The first-order valence-electron chi connectivity index (χ1n) is 4.11. The maximum atomic E-state index is 11.2. The number of Topliss-reactive ketones (excluding diaryl/α,β-unsaturated/α-hetero) is 1. The van der Waals surface area contributed by atoms with Crippen LogP contribution >= 0.6 is 0 Å². The number of fused-ring (bicyclic) bond motifs is 1. The SMILES string of the molecule is [CH2-][NH+]1CCCC2OCC(=O)C21. The summed E-state index contributed by atoms with van der Waals surface area (Å²) in [4.78, 5) is 12.3. The minimum Gasteiger partial charge on any atom is -0.457 e. The normalized spacial score (nSPS) is 44.1. The molecule has 0 aromatic heterocycles. The molecule has 3 atom stereocenters. The van der Waals surface area contributed by atoms with Crippen molar-refractivity contribution in [3.8, 4) is 0 Å². The Morgan fingerprint density at radius 2 is 2.45 bits per heavy atom. The van der Waals surface area contributed by atoms with Gasteiger partial charge in [-0.2, -0.15) is 7.05 Å². The van der Waals surface area contributed by atoms with Crippen molar-refractivity contribution in [1.29, 1.82) is 0 Å². The van der Waals surface area contributed by atoms with E-state index in [0.29, 0.717) is 6.61 Å². The molecule has 11 heavy (non-hydrogen) atoms. The molecule has 2 rings (SSSR count). The van der Waals surface area contributed by atoms with Crippen molar-refractivity contribution in [3.63, 3.8) is 0 Å². The average molecular weight is 155 g/mol. The molecule has 0 radical (unpaired) electrons. The van der Waals surface area contributed by atoms with Gasteiger partial charge < -0.3 is 9.64 Å². The molecule has 2 heterocycles. The summed E-state index contributed by atoms with van der Waals surface area (Å²) in [5.41, 5.74) is 0. The smallest absolute Gasteiger partial charge is 0.215 e. The van der Waals surface area contributed by atoms with E-state index in [9.17, 15) is 4.79 Å². The number of carbonyl (C=O) groups excluding carboxylic acids is 1. The van der Waals surface area contributed by atoms with Crippen molar-refractivity contribution >= 4 is 5.78 Å². The topological polar surface area (TPSA) is 30.7 Å². The fourth-order valence-electron chi connectivity index (χ4n) is 2.01. The zero-order chi connectivity index (χ0) is 7.84. The number of piperidine rings is 1. The van der Waals surface area contributed by atoms with Crippen molar-refractivity contribution in [2.75, 3.05) is 13.2 Å². The zero-order valence-electron chi connectivity index (χ0n) is 6.51. The van der Waals surface area contributed by atoms with Crippen molar-refractivity contribution in [1.82, 2.24) is 0 Å². The van der Waals surface area contributed by atoms with E-state index in [-0.39, 0.29) is 17.9 Å². The van der Waals surface area contributed by atoms with Crippen LogP contribution in [0.2, 0.25) is 0 Å². The number of carbonyl (C=O) groups is 1. The number of ether oxygens (including phenoxy) is 1. The lowest BCUT2D eigenvalue weighted by atomic mass is 9.99. The van der Waals surface area contributed by atoms with E-state index in [4.69, 9.17) is 4.74 Å². The Morgan fingerprint density at radius 1 is 1.64 bits per heavy atom. The summed E-state index contributed by atoms with van der Waals surface area (Å²) in [6.45, 7) is 1.32. The van der Waals surface area contributed by atoms with Gasteiger partial charge in [0.15, 0.2) is 6.04 Å². The summed E-state index contributed by atoms with van der Waals surface area (Å²) in [5, 5.41) is 0. The summed E-state index contributed by atoms with van der Waals surface area (Å²) in [6.07, 6.45) is 2.34. The lowest BCUT2D eigenvalue weighted by Crippen LogP contribution is -3.14. The first-order valence-corrected chi connectivity index (χ1v) is 4.11. The minimum atomic E-state index is 0.0451. The fraction of sp³-hybridized carbons (Fsp3) is 0.750. The van der Waals surface area contributed by atoms with Gasteiger partial charge in [-0.3, -0.25) is 4.79 Å². The Kier molecular flexibility index (Phi) is 1.69. The van der Waals surface area contributed by atoms with E-state index in [2.05, 4.69) is 7.05 Å². The summed E-state index contributed by atoms with van der Waals surface area (Å²) >= 11 is 0. The average Bonchev–Trinajstić information content (AvgIpc) is 2.34. The van der Waals surface area contributed by atoms with E-state index in [1.165, 1.54) is 0 Å². The van der Waals surface area contributed by atoms with Gasteiger partial charge in [0.25, 0.3) is 0 Å². The van der Waals surface area contributed by atoms with Gasteiger partial charge in [0.2, 0.25) is 5.78 Å². The molecule has 2 saturated heterocycles. The first-order chi connectivity index (χ1) is 5.29. The van der Waals surface area contributed by atoms with Crippen LogP contribution in [0, 0.1) is 7.05 Å². The Balaban J connectivity index is 2.14. The third kappa shape index (κ3) is 1.08. The van der Waals surface area contributed by atoms with Crippen molar-refractivity contribution in [2.45, 2.75) is 25.0 Å². The standard InChI is InChI=1S/C8H13NO2/c1-9-4-2-3-7-8(9)6(10)5-11-7/h7-9H,1-5H2. The highest BCUT2D eigenvalue weighted by Crippen LogP contribution is 2.15.